The number of aliphatic hydroxyl groups excluding tert-OH is 1. The zero-order chi connectivity index (χ0) is 20.8. The first-order valence-electron chi connectivity index (χ1n) is 7.71. The Labute approximate surface area is 162 Å². The van der Waals surface area contributed by atoms with Crippen LogP contribution in [0.3, 0.4) is 0 Å². The van der Waals surface area contributed by atoms with E-state index in [1.807, 2.05) is 0 Å². The maximum Gasteiger partial charge on any atom is 0.299 e. The second kappa shape index (κ2) is 8.92. The zero-order valence-corrected chi connectivity index (χ0v) is 14.8. The average molecular weight is 412 g/mol. The van der Waals surface area contributed by atoms with Crippen molar-refractivity contribution in [1.29, 1.82) is 0 Å². The van der Waals surface area contributed by atoms with Crippen LogP contribution >= 0.6 is 11.6 Å². The van der Waals surface area contributed by atoms with Gasteiger partial charge in [0.2, 0.25) is 0 Å². The van der Waals surface area contributed by atoms with Crippen molar-refractivity contribution in [3.05, 3.63) is 71.8 Å². The second-order valence-corrected chi connectivity index (χ2v) is 5.96. The van der Waals surface area contributed by atoms with Crippen LogP contribution in [0.4, 0.5) is 28.4 Å². The fraction of sp³-hybridized carbons (Fsp3) is 0.200. The highest BCUT2D eigenvalue weighted by Crippen LogP contribution is 2.29. The molecule has 3 N–H and O–H groups in total. The molecule has 0 heterocycles. The van der Waals surface area contributed by atoms with Crippen molar-refractivity contribution in [2.75, 3.05) is 23.7 Å². The molecule has 0 saturated carbocycles. The molecule has 2 rings (SSSR count). The summed E-state index contributed by atoms with van der Waals surface area (Å²) in [4.78, 5) is 30.4. The Kier molecular flexibility index (Phi) is 6.63. The summed E-state index contributed by atoms with van der Waals surface area (Å²) in [5, 5.41) is 48.1. The number of hydrogen-bond acceptors (Lipinski definition) is 9. The molecule has 2 aromatic rings. The summed E-state index contributed by atoms with van der Waals surface area (Å²) < 4.78 is 0. The zero-order valence-electron chi connectivity index (χ0n) is 14.1. The van der Waals surface area contributed by atoms with Gasteiger partial charge in [-0.25, -0.2) is 0 Å². The molecule has 2 aromatic carbocycles. The van der Waals surface area contributed by atoms with Crippen molar-refractivity contribution in [2.24, 2.45) is 0 Å². The number of rotatable bonds is 9. The minimum absolute atomic E-state index is 0.00862. The SMILES string of the molecule is O=[N+]([O-])c1ccc(NCC(O)CNc2ccc([N+](=O)[O-])cc2[N+](=O)[O-])c(Cl)c1. The molecule has 0 bridgehead atoms. The highest BCUT2D eigenvalue weighted by molar-refractivity contribution is 6.33. The molecule has 0 fully saturated rings. The van der Waals surface area contributed by atoms with Gasteiger partial charge in [0.25, 0.3) is 17.1 Å². The largest absolute Gasteiger partial charge is 0.389 e. The molecule has 13 heteroatoms. The maximum atomic E-state index is 11.1. The van der Waals surface area contributed by atoms with Gasteiger partial charge in [0.1, 0.15) is 5.69 Å². The molecule has 0 radical (unpaired) electrons. The van der Waals surface area contributed by atoms with Crippen molar-refractivity contribution in [3.63, 3.8) is 0 Å². The van der Waals surface area contributed by atoms with Gasteiger partial charge in [0.15, 0.2) is 0 Å². The summed E-state index contributed by atoms with van der Waals surface area (Å²) in [6.07, 6.45) is -1.01. The van der Waals surface area contributed by atoms with Crippen molar-refractivity contribution in [1.82, 2.24) is 0 Å². The van der Waals surface area contributed by atoms with Gasteiger partial charge in [0.05, 0.1) is 37.7 Å². The quantitative estimate of drug-likeness (QED) is 0.413. The number of nitrogens with zero attached hydrogens (tertiary/aromatic N) is 3. The van der Waals surface area contributed by atoms with E-state index in [1.54, 1.807) is 0 Å². The van der Waals surface area contributed by atoms with Crippen LogP contribution in [0.25, 0.3) is 0 Å². The fourth-order valence-electron chi connectivity index (χ4n) is 2.22. The van der Waals surface area contributed by atoms with Gasteiger partial charge in [-0.05, 0) is 12.1 Å². The van der Waals surface area contributed by atoms with E-state index in [9.17, 15) is 35.4 Å². The van der Waals surface area contributed by atoms with E-state index >= 15 is 0 Å². The normalized spacial score (nSPS) is 11.5. The summed E-state index contributed by atoms with van der Waals surface area (Å²) >= 11 is 5.93. The van der Waals surface area contributed by atoms with Crippen LogP contribution in [-0.4, -0.2) is 39.1 Å². The van der Waals surface area contributed by atoms with E-state index in [1.165, 1.54) is 18.2 Å². The lowest BCUT2D eigenvalue weighted by molar-refractivity contribution is -0.393. The number of aliphatic hydroxyl groups is 1. The number of nitrogens with one attached hydrogen (secondary N) is 2. The van der Waals surface area contributed by atoms with Crippen LogP contribution in [0.15, 0.2) is 36.4 Å². The van der Waals surface area contributed by atoms with Crippen LogP contribution in [-0.2, 0) is 0 Å². The summed E-state index contributed by atoms with van der Waals surface area (Å²) in [5.41, 5.74) is -0.709. The third kappa shape index (κ3) is 5.25. The Hall–Kier alpha value is -3.51. The van der Waals surface area contributed by atoms with Crippen LogP contribution in [0, 0.1) is 30.3 Å². The predicted octanol–water partition coefficient (Wildman–Crippen LogP) is 2.95. The van der Waals surface area contributed by atoms with E-state index in [4.69, 9.17) is 11.6 Å². The van der Waals surface area contributed by atoms with Crippen LogP contribution in [0.2, 0.25) is 5.02 Å². The van der Waals surface area contributed by atoms with Crippen LogP contribution < -0.4 is 10.6 Å². The van der Waals surface area contributed by atoms with Gasteiger partial charge < -0.3 is 15.7 Å². The number of nitro groups is 3. The standard InChI is InChI=1S/C15H14ClN5O7/c16-12-5-9(19(23)24)1-3-13(12)17-7-11(22)8-18-14-4-2-10(20(25)26)6-15(14)21(27)28/h1-6,11,17-18,22H,7-8H2. The van der Waals surface area contributed by atoms with E-state index in [0.29, 0.717) is 5.69 Å². The third-order valence-electron chi connectivity index (χ3n) is 3.61. The van der Waals surface area contributed by atoms with Crippen molar-refractivity contribution >= 4 is 40.0 Å². The number of nitro benzene ring substituents is 3. The lowest BCUT2D eigenvalue weighted by Crippen LogP contribution is -2.27. The summed E-state index contributed by atoms with van der Waals surface area (Å²) in [5.74, 6) is 0. The number of benzene rings is 2. The Bertz CT molecular complexity index is 924. The van der Waals surface area contributed by atoms with Crippen LogP contribution in [0.5, 0.6) is 0 Å². The molecule has 1 unspecified atom stereocenters. The molecule has 0 aliphatic rings. The molecule has 0 aliphatic carbocycles. The molecule has 1 atom stereocenters. The first kappa shape index (κ1) is 20.8. The van der Waals surface area contributed by atoms with Gasteiger partial charge >= 0.3 is 0 Å². The van der Waals surface area contributed by atoms with Gasteiger partial charge in [-0.3, -0.25) is 30.3 Å². The van der Waals surface area contributed by atoms with E-state index in [-0.39, 0.29) is 29.5 Å². The maximum absolute atomic E-state index is 11.1. The smallest absolute Gasteiger partial charge is 0.299 e. The molecule has 0 aliphatic heterocycles. The molecule has 0 spiro atoms. The summed E-state index contributed by atoms with van der Waals surface area (Å²) in [7, 11) is 0. The first-order chi connectivity index (χ1) is 13.2. The first-order valence-corrected chi connectivity index (χ1v) is 8.09. The highest BCUT2D eigenvalue weighted by atomic mass is 35.5. The minimum Gasteiger partial charge on any atom is -0.389 e. The summed E-state index contributed by atoms with van der Waals surface area (Å²) in [6, 6.07) is 6.92. The Morgan fingerprint density at radius 1 is 0.857 bits per heavy atom. The monoisotopic (exact) mass is 411 g/mol. The Morgan fingerprint density at radius 2 is 1.36 bits per heavy atom. The number of anilines is 2. The van der Waals surface area contributed by atoms with Gasteiger partial charge in [-0.2, -0.15) is 0 Å². The predicted molar refractivity (Wildman–Crippen MR) is 101 cm³/mol. The fourth-order valence-corrected chi connectivity index (χ4v) is 2.46. The number of hydrogen-bond donors (Lipinski definition) is 3. The van der Waals surface area contributed by atoms with E-state index in [2.05, 4.69) is 10.6 Å². The molecule has 148 valence electrons. The lowest BCUT2D eigenvalue weighted by Gasteiger charge is -2.15. The minimum atomic E-state index is -1.01. The van der Waals surface area contributed by atoms with E-state index in [0.717, 1.165) is 18.2 Å². The highest BCUT2D eigenvalue weighted by Gasteiger charge is 2.20. The molecular formula is C15H14ClN5O7. The van der Waals surface area contributed by atoms with Crippen molar-refractivity contribution in [3.8, 4) is 0 Å². The number of halogens is 1. The molecule has 12 nitrogen and oxygen atoms in total. The summed E-state index contributed by atoms with van der Waals surface area (Å²) in [6.45, 7) is -0.110. The molecular weight excluding hydrogens is 398 g/mol. The van der Waals surface area contributed by atoms with Gasteiger partial charge in [-0.1, -0.05) is 11.6 Å². The molecule has 0 aromatic heterocycles. The molecule has 0 amide bonds. The van der Waals surface area contributed by atoms with Gasteiger partial charge in [-0.15, -0.1) is 0 Å². The molecule has 28 heavy (non-hydrogen) atoms. The van der Waals surface area contributed by atoms with E-state index < -0.39 is 32.2 Å². The molecule has 0 saturated heterocycles. The number of non-ortho nitro benzene ring substituents is 2. The Balaban J connectivity index is 1.97. The average Bonchev–Trinajstić information content (AvgIpc) is 2.64. The third-order valence-corrected chi connectivity index (χ3v) is 3.92. The topological polar surface area (TPSA) is 174 Å². The Morgan fingerprint density at radius 3 is 1.86 bits per heavy atom. The van der Waals surface area contributed by atoms with Gasteiger partial charge in [0, 0.05) is 31.3 Å². The van der Waals surface area contributed by atoms with Crippen LogP contribution in [0.1, 0.15) is 0 Å². The van der Waals surface area contributed by atoms with Crippen molar-refractivity contribution < 1.29 is 19.9 Å². The van der Waals surface area contributed by atoms with Crippen molar-refractivity contribution in [2.45, 2.75) is 6.10 Å². The lowest BCUT2D eigenvalue weighted by atomic mass is 10.2. The second-order valence-electron chi connectivity index (χ2n) is 5.55.